The van der Waals surface area contributed by atoms with Crippen molar-refractivity contribution < 1.29 is 23.8 Å². The van der Waals surface area contributed by atoms with Crippen molar-refractivity contribution in [2.45, 2.75) is 39.8 Å². The van der Waals surface area contributed by atoms with Crippen molar-refractivity contribution >= 4 is 33.3 Å². The molecular formula is C23H25NO6S. The Kier molecular flexibility index (Phi) is 6.80. The van der Waals surface area contributed by atoms with E-state index in [1.165, 1.54) is 6.92 Å². The second-order valence-electron chi connectivity index (χ2n) is 7.41. The second-order valence-corrected chi connectivity index (χ2v) is 8.40. The summed E-state index contributed by atoms with van der Waals surface area (Å²) in [5, 5.41) is 0. The lowest BCUT2D eigenvalue weighted by Crippen LogP contribution is -2.39. The summed E-state index contributed by atoms with van der Waals surface area (Å²) < 4.78 is 18.9. The molecule has 0 bridgehead atoms. The SMILES string of the molecule is CCOC(=O)C(C)(C)Oc1ccc(OCCn2c(=O)sc3cc(C(C)=O)ccc32)cc1. The molecule has 2 aromatic carbocycles. The average Bonchev–Trinajstić information content (AvgIpc) is 3.03. The van der Waals surface area contributed by atoms with Gasteiger partial charge in [-0.25, -0.2) is 4.79 Å². The Morgan fingerprint density at radius 3 is 2.39 bits per heavy atom. The summed E-state index contributed by atoms with van der Waals surface area (Å²) in [6.45, 7) is 7.52. The number of Topliss-reactive ketones (excluding diaryl/α,β-unsaturated/α-hetero) is 1. The Labute approximate surface area is 184 Å². The van der Waals surface area contributed by atoms with Crippen LogP contribution in [0.5, 0.6) is 11.5 Å². The first-order valence-corrected chi connectivity index (χ1v) is 10.8. The van der Waals surface area contributed by atoms with Crippen LogP contribution in [-0.4, -0.2) is 35.1 Å². The first kappa shape index (κ1) is 22.6. The minimum Gasteiger partial charge on any atom is -0.492 e. The molecule has 0 aliphatic heterocycles. The van der Waals surface area contributed by atoms with Gasteiger partial charge in [-0.2, -0.15) is 0 Å². The summed E-state index contributed by atoms with van der Waals surface area (Å²) in [6.07, 6.45) is 0. The molecule has 31 heavy (non-hydrogen) atoms. The molecule has 1 heterocycles. The topological polar surface area (TPSA) is 83.8 Å². The highest BCUT2D eigenvalue weighted by Gasteiger charge is 2.31. The summed E-state index contributed by atoms with van der Waals surface area (Å²) in [5.74, 6) is 0.675. The van der Waals surface area contributed by atoms with E-state index in [9.17, 15) is 14.4 Å². The van der Waals surface area contributed by atoms with Crippen molar-refractivity contribution in [2.75, 3.05) is 13.2 Å². The molecule has 0 N–H and O–H groups in total. The maximum absolute atomic E-state index is 12.3. The number of fused-ring (bicyclic) bond motifs is 1. The van der Waals surface area contributed by atoms with Crippen LogP contribution in [0, 0.1) is 0 Å². The quantitative estimate of drug-likeness (QED) is 0.366. The van der Waals surface area contributed by atoms with E-state index in [1.54, 1.807) is 67.8 Å². The molecule has 7 nitrogen and oxygen atoms in total. The highest BCUT2D eigenvalue weighted by molar-refractivity contribution is 7.16. The van der Waals surface area contributed by atoms with Gasteiger partial charge < -0.3 is 14.2 Å². The number of benzene rings is 2. The molecule has 0 spiro atoms. The molecule has 0 saturated carbocycles. The highest BCUT2D eigenvalue weighted by Crippen LogP contribution is 2.23. The number of hydrogen-bond donors (Lipinski definition) is 0. The van der Waals surface area contributed by atoms with E-state index in [-0.39, 0.29) is 10.7 Å². The van der Waals surface area contributed by atoms with Crippen LogP contribution in [0.4, 0.5) is 0 Å². The van der Waals surface area contributed by atoms with Crippen LogP contribution in [0.15, 0.2) is 47.3 Å². The van der Waals surface area contributed by atoms with Crippen molar-refractivity contribution in [1.29, 1.82) is 0 Å². The van der Waals surface area contributed by atoms with Gasteiger partial charge in [0.15, 0.2) is 11.4 Å². The van der Waals surface area contributed by atoms with Crippen molar-refractivity contribution in [1.82, 2.24) is 4.57 Å². The Bertz CT molecular complexity index is 1140. The van der Waals surface area contributed by atoms with E-state index in [4.69, 9.17) is 14.2 Å². The van der Waals surface area contributed by atoms with Gasteiger partial charge in [0, 0.05) is 5.56 Å². The number of nitrogens with zero attached hydrogens (tertiary/aromatic N) is 1. The lowest BCUT2D eigenvalue weighted by molar-refractivity contribution is -0.158. The zero-order valence-corrected chi connectivity index (χ0v) is 18.8. The van der Waals surface area contributed by atoms with Gasteiger partial charge in [0.1, 0.15) is 18.1 Å². The molecule has 0 unspecified atom stereocenters. The van der Waals surface area contributed by atoms with E-state index < -0.39 is 11.6 Å². The molecular weight excluding hydrogens is 418 g/mol. The fourth-order valence-corrected chi connectivity index (χ4v) is 3.95. The number of ether oxygens (including phenoxy) is 3. The van der Waals surface area contributed by atoms with Crippen LogP contribution in [0.3, 0.4) is 0 Å². The van der Waals surface area contributed by atoms with Crippen LogP contribution in [0.25, 0.3) is 10.2 Å². The van der Waals surface area contributed by atoms with Gasteiger partial charge in [-0.3, -0.25) is 14.2 Å². The molecule has 3 rings (SSSR count). The predicted octanol–water partition coefficient (Wildman–Crippen LogP) is 4.07. The molecule has 164 valence electrons. The lowest BCUT2D eigenvalue weighted by atomic mass is 10.1. The number of esters is 1. The number of rotatable bonds is 9. The van der Waals surface area contributed by atoms with Crippen molar-refractivity contribution in [3.63, 3.8) is 0 Å². The first-order valence-electron chi connectivity index (χ1n) is 9.94. The number of thiazole rings is 1. The van der Waals surface area contributed by atoms with Gasteiger partial charge in [0.2, 0.25) is 0 Å². The molecule has 0 atom stereocenters. The van der Waals surface area contributed by atoms with Gasteiger partial charge in [-0.1, -0.05) is 11.3 Å². The van der Waals surface area contributed by atoms with Crippen molar-refractivity contribution in [3.8, 4) is 11.5 Å². The average molecular weight is 444 g/mol. The standard InChI is InChI=1S/C23H25NO6S/c1-5-28-21(26)23(3,4)30-18-9-7-17(8-10-18)29-13-12-24-19-11-6-16(15(2)25)14-20(19)31-22(24)27/h6-11,14H,5,12-13H2,1-4H3. The monoisotopic (exact) mass is 443 g/mol. The fraction of sp³-hybridized carbons (Fsp3) is 0.348. The van der Waals surface area contributed by atoms with Crippen LogP contribution in [-0.2, 0) is 16.1 Å². The van der Waals surface area contributed by atoms with E-state index in [2.05, 4.69) is 0 Å². The second kappa shape index (κ2) is 9.34. The van der Waals surface area contributed by atoms with Crippen LogP contribution in [0.1, 0.15) is 38.1 Å². The number of ketones is 1. The minimum absolute atomic E-state index is 0.0318. The number of carbonyl (C=O) groups excluding carboxylic acids is 2. The van der Waals surface area contributed by atoms with Crippen LogP contribution in [0.2, 0.25) is 0 Å². The number of hydrogen-bond acceptors (Lipinski definition) is 7. The zero-order valence-electron chi connectivity index (χ0n) is 18.0. The molecule has 0 fully saturated rings. The molecule has 0 amide bonds. The molecule has 3 aromatic rings. The van der Waals surface area contributed by atoms with E-state index in [0.717, 1.165) is 21.6 Å². The Hall–Kier alpha value is -3.13. The summed E-state index contributed by atoms with van der Waals surface area (Å²) in [5.41, 5.74) is 0.279. The van der Waals surface area contributed by atoms with Gasteiger partial charge in [-0.05, 0) is 70.2 Å². The Balaban J connectivity index is 1.61. The lowest BCUT2D eigenvalue weighted by Gasteiger charge is -2.24. The third-order valence-electron chi connectivity index (χ3n) is 4.62. The largest absolute Gasteiger partial charge is 0.492 e. The molecule has 0 radical (unpaired) electrons. The van der Waals surface area contributed by atoms with Gasteiger partial charge in [0.05, 0.1) is 23.4 Å². The van der Waals surface area contributed by atoms with Crippen molar-refractivity contribution in [2.24, 2.45) is 0 Å². The van der Waals surface area contributed by atoms with Gasteiger partial charge in [-0.15, -0.1) is 0 Å². The maximum Gasteiger partial charge on any atom is 0.349 e. The summed E-state index contributed by atoms with van der Waals surface area (Å²) in [4.78, 5) is 35.7. The maximum atomic E-state index is 12.3. The zero-order chi connectivity index (χ0) is 22.6. The van der Waals surface area contributed by atoms with E-state index in [0.29, 0.717) is 36.8 Å². The first-order chi connectivity index (χ1) is 14.7. The third-order valence-corrected chi connectivity index (χ3v) is 5.56. The van der Waals surface area contributed by atoms with Crippen LogP contribution >= 0.6 is 11.3 Å². The van der Waals surface area contributed by atoms with E-state index in [1.807, 2.05) is 0 Å². The smallest absolute Gasteiger partial charge is 0.349 e. The minimum atomic E-state index is -1.10. The Morgan fingerprint density at radius 2 is 1.74 bits per heavy atom. The van der Waals surface area contributed by atoms with Gasteiger partial charge in [0.25, 0.3) is 0 Å². The van der Waals surface area contributed by atoms with Gasteiger partial charge >= 0.3 is 10.8 Å². The molecule has 0 saturated heterocycles. The van der Waals surface area contributed by atoms with Crippen LogP contribution < -0.4 is 14.3 Å². The third kappa shape index (κ3) is 5.32. The number of aromatic nitrogens is 1. The number of carbonyl (C=O) groups is 2. The summed E-state index contributed by atoms with van der Waals surface area (Å²) in [6, 6.07) is 12.2. The summed E-state index contributed by atoms with van der Waals surface area (Å²) >= 11 is 1.11. The Morgan fingerprint density at radius 1 is 1.06 bits per heavy atom. The fourth-order valence-electron chi connectivity index (χ4n) is 3.00. The van der Waals surface area contributed by atoms with E-state index >= 15 is 0 Å². The normalized spacial score (nSPS) is 11.4. The predicted molar refractivity (Wildman–Crippen MR) is 119 cm³/mol. The van der Waals surface area contributed by atoms with Crippen molar-refractivity contribution in [3.05, 3.63) is 57.7 Å². The highest BCUT2D eigenvalue weighted by atomic mass is 32.1. The molecule has 0 aliphatic rings. The molecule has 1 aromatic heterocycles. The molecule has 0 aliphatic carbocycles. The molecule has 8 heteroatoms. The summed E-state index contributed by atoms with van der Waals surface area (Å²) in [7, 11) is 0.